The van der Waals surface area contributed by atoms with Crippen LogP contribution < -0.4 is 10.9 Å². The van der Waals surface area contributed by atoms with E-state index in [1.54, 1.807) is 12.1 Å². The second-order valence-corrected chi connectivity index (χ2v) is 7.80. The smallest absolute Gasteiger partial charge is 0.128 e. The van der Waals surface area contributed by atoms with Crippen LogP contribution in [0.1, 0.15) is 36.3 Å². The summed E-state index contributed by atoms with van der Waals surface area (Å²) >= 11 is 0. The molecule has 140 valence electrons. The summed E-state index contributed by atoms with van der Waals surface area (Å²) < 4.78 is 16.4. The Labute approximate surface area is 154 Å². The maximum absolute atomic E-state index is 14.3. The summed E-state index contributed by atoms with van der Waals surface area (Å²) in [5.74, 6) is 0.240. The molecule has 4 unspecified atom stereocenters. The third-order valence-electron chi connectivity index (χ3n) is 5.95. The predicted octanol–water partition coefficient (Wildman–Crippen LogP) is 2.57. The van der Waals surface area contributed by atoms with Crippen molar-refractivity contribution in [1.29, 1.82) is 0 Å². The first-order valence-electron chi connectivity index (χ1n) is 9.53. The highest BCUT2D eigenvalue weighted by molar-refractivity contribution is 5.24. The number of piperidine rings is 1. The number of rotatable bonds is 4. The second kappa shape index (κ2) is 7.10. The molecule has 0 saturated carbocycles. The Kier molecular flexibility index (Phi) is 4.82. The molecule has 1 aromatic heterocycles. The Morgan fingerprint density at radius 3 is 2.81 bits per heavy atom. The maximum atomic E-state index is 14.3. The van der Waals surface area contributed by atoms with E-state index in [0.29, 0.717) is 18.0 Å². The number of nitrogens with one attached hydrogen (secondary N) is 2. The fourth-order valence-electron chi connectivity index (χ4n) is 4.49. The van der Waals surface area contributed by atoms with E-state index in [1.807, 2.05) is 19.1 Å². The van der Waals surface area contributed by atoms with Gasteiger partial charge in [0.25, 0.3) is 0 Å². The minimum Gasteiger partial charge on any atom is -0.298 e. The zero-order valence-electron chi connectivity index (χ0n) is 15.7. The van der Waals surface area contributed by atoms with Gasteiger partial charge in [-0.25, -0.2) is 9.82 Å². The fourth-order valence-corrected chi connectivity index (χ4v) is 4.49. The van der Waals surface area contributed by atoms with Crippen LogP contribution in [-0.2, 0) is 6.54 Å². The molecule has 4 rings (SSSR count). The lowest BCUT2D eigenvalue weighted by Gasteiger charge is -2.39. The lowest BCUT2D eigenvalue weighted by molar-refractivity contribution is 0.104. The average Bonchev–Trinajstić information content (AvgIpc) is 3.17. The van der Waals surface area contributed by atoms with Gasteiger partial charge in [0.05, 0.1) is 18.3 Å². The van der Waals surface area contributed by atoms with Crippen molar-refractivity contribution in [3.63, 3.8) is 0 Å². The highest BCUT2D eigenvalue weighted by Crippen LogP contribution is 2.35. The number of hydrazine groups is 1. The fraction of sp³-hybridized carbons (Fsp3) is 0.550. The average molecular weight is 357 g/mol. The van der Waals surface area contributed by atoms with Crippen molar-refractivity contribution in [2.75, 3.05) is 13.1 Å². The minimum absolute atomic E-state index is 0.0184. The van der Waals surface area contributed by atoms with E-state index in [1.165, 1.54) is 5.69 Å². The monoisotopic (exact) mass is 357 g/mol. The summed E-state index contributed by atoms with van der Waals surface area (Å²) in [5.41, 5.74) is 9.78. The Morgan fingerprint density at radius 1 is 1.27 bits per heavy atom. The van der Waals surface area contributed by atoms with Gasteiger partial charge in [-0.2, -0.15) is 5.10 Å². The van der Waals surface area contributed by atoms with E-state index >= 15 is 0 Å². The van der Waals surface area contributed by atoms with Crippen LogP contribution in [0.3, 0.4) is 0 Å². The number of aromatic nitrogens is 2. The first-order valence-corrected chi connectivity index (χ1v) is 9.53. The van der Waals surface area contributed by atoms with E-state index in [9.17, 15) is 4.39 Å². The van der Waals surface area contributed by atoms with Crippen LogP contribution in [0, 0.1) is 25.6 Å². The van der Waals surface area contributed by atoms with Gasteiger partial charge in [0.15, 0.2) is 0 Å². The van der Waals surface area contributed by atoms with Crippen molar-refractivity contribution in [2.45, 2.75) is 51.9 Å². The van der Waals surface area contributed by atoms with Crippen LogP contribution in [0.4, 0.5) is 4.39 Å². The molecule has 2 aliphatic rings. The molecule has 3 heterocycles. The largest absolute Gasteiger partial charge is 0.298 e. The van der Waals surface area contributed by atoms with Crippen molar-refractivity contribution < 1.29 is 4.39 Å². The molecule has 2 saturated heterocycles. The molecule has 0 radical (unpaired) electrons. The number of nitrogens with zero attached hydrogens (tertiary/aromatic N) is 3. The first-order chi connectivity index (χ1) is 12.5. The summed E-state index contributed by atoms with van der Waals surface area (Å²) in [6, 6.07) is 10.1. The molecular formula is C20H28FN5. The molecular weight excluding hydrogens is 329 g/mol. The zero-order valence-corrected chi connectivity index (χ0v) is 15.7. The molecule has 2 aliphatic heterocycles. The van der Waals surface area contributed by atoms with Crippen molar-refractivity contribution in [2.24, 2.45) is 5.92 Å². The van der Waals surface area contributed by atoms with E-state index in [2.05, 4.69) is 45.4 Å². The van der Waals surface area contributed by atoms with Crippen LogP contribution in [0.25, 0.3) is 0 Å². The molecule has 26 heavy (non-hydrogen) atoms. The van der Waals surface area contributed by atoms with Gasteiger partial charge in [-0.05, 0) is 39.3 Å². The second-order valence-electron chi connectivity index (χ2n) is 7.80. The van der Waals surface area contributed by atoms with Gasteiger partial charge in [0.2, 0.25) is 0 Å². The number of likely N-dealkylation sites (tertiary alicyclic amines) is 1. The topological polar surface area (TPSA) is 45.1 Å². The van der Waals surface area contributed by atoms with Gasteiger partial charge in [-0.15, -0.1) is 0 Å². The van der Waals surface area contributed by atoms with Gasteiger partial charge < -0.3 is 0 Å². The molecule has 5 nitrogen and oxygen atoms in total. The highest BCUT2D eigenvalue weighted by atomic mass is 19.1. The molecule has 2 aromatic rings. The van der Waals surface area contributed by atoms with Crippen LogP contribution in [0.15, 0.2) is 30.3 Å². The summed E-state index contributed by atoms with van der Waals surface area (Å²) in [6.07, 6.45) is 1.07. The van der Waals surface area contributed by atoms with Crippen molar-refractivity contribution in [1.82, 2.24) is 25.5 Å². The molecule has 4 atom stereocenters. The normalized spacial score (nSPS) is 27.5. The van der Waals surface area contributed by atoms with Crippen LogP contribution >= 0.6 is 0 Å². The number of halogens is 1. The molecule has 6 heteroatoms. The molecule has 1 aromatic carbocycles. The third-order valence-corrected chi connectivity index (χ3v) is 5.95. The van der Waals surface area contributed by atoms with Crippen molar-refractivity contribution in [3.8, 4) is 0 Å². The van der Waals surface area contributed by atoms with E-state index < -0.39 is 0 Å². The maximum Gasteiger partial charge on any atom is 0.128 e. The molecule has 0 spiro atoms. The molecule has 0 bridgehead atoms. The Morgan fingerprint density at radius 2 is 2.08 bits per heavy atom. The van der Waals surface area contributed by atoms with Crippen molar-refractivity contribution in [3.05, 3.63) is 53.1 Å². The van der Waals surface area contributed by atoms with E-state index in [4.69, 9.17) is 0 Å². The minimum atomic E-state index is -0.125. The SMILES string of the molecule is Cc1cc(C)n(CC(C)N2CCC3NNC(c4ccccc4F)C3C2)n1. The first kappa shape index (κ1) is 17.6. The number of aryl methyl sites for hydroxylation is 2. The lowest BCUT2D eigenvalue weighted by atomic mass is 9.84. The molecule has 0 aliphatic carbocycles. The summed E-state index contributed by atoms with van der Waals surface area (Å²) in [4.78, 5) is 2.53. The van der Waals surface area contributed by atoms with Gasteiger partial charge >= 0.3 is 0 Å². The zero-order chi connectivity index (χ0) is 18.3. The van der Waals surface area contributed by atoms with E-state index in [0.717, 1.165) is 37.3 Å². The van der Waals surface area contributed by atoms with Crippen LogP contribution in [0.5, 0.6) is 0 Å². The number of fused-ring (bicyclic) bond motifs is 1. The molecule has 2 fully saturated rings. The molecule has 2 N–H and O–H groups in total. The Bertz CT molecular complexity index is 773. The standard InChI is InChI=1S/C20H28FN5/c1-13-10-14(2)26(24-13)11-15(3)25-9-8-19-17(12-25)20(23-22-19)16-6-4-5-7-18(16)21/h4-7,10,15,17,19-20,22-23H,8-9,11-12H2,1-3H3. The van der Waals surface area contributed by atoms with E-state index in [-0.39, 0.29) is 11.9 Å². The quantitative estimate of drug-likeness (QED) is 0.883. The van der Waals surface area contributed by atoms with Crippen LogP contribution in [-0.4, -0.2) is 39.9 Å². The number of hydrogen-bond donors (Lipinski definition) is 2. The third kappa shape index (κ3) is 3.29. The lowest BCUT2D eigenvalue weighted by Crippen LogP contribution is -2.49. The van der Waals surface area contributed by atoms with Gasteiger partial charge in [0.1, 0.15) is 5.82 Å². The highest BCUT2D eigenvalue weighted by Gasteiger charge is 2.42. The summed E-state index contributed by atoms with van der Waals surface area (Å²) in [7, 11) is 0. The van der Waals surface area contributed by atoms with Gasteiger partial charge in [-0.1, -0.05) is 18.2 Å². The Hall–Kier alpha value is -1.76. The van der Waals surface area contributed by atoms with Gasteiger partial charge in [0, 0.05) is 42.3 Å². The number of hydrogen-bond acceptors (Lipinski definition) is 4. The summed E-state index contributed by atoms with van der Waals surface area (Å²) in [5, 5.41) is 4.60. The summed E-state index contributed by atoms with van der Waals surface area (Å²) in [6.45, 7) is 9.32. The van der Waals surface area contributed by atoms with Gasteiger partial charge in [-0.3, -0.25) is 15.0 Å². The van der Waals surface area contributed by atoms with Crippen molar-refractivity contribution >= 4 is 0 Å². The predicted molar refractivity (Wildman–Crippen MR) is 100 cm³/mol. The molecule has 0 amide bonds. The number of benzene rings is 1. The van der Waals surface area contributed by atoms with Crippen LogP contribution in [0.2, 0.25) is 0 Å². The Balaban J connectivity index is 1.47.